The Morgan fingerprint density at radius 3 is 2.20 bits per heavy atom. The van der Waals surface area contributed by atoms with Gasteiger partial charge in [-0.05, 0) is 13.8 Å². The van der Waals surface area contributed by atoms with Gasteiger partial charge in [-0.25, -0.2) is 4.21 Å². The molecule has 2 N–H and O–H groups in total. The van der Waals surface area contributed by atoms with Crippen molar-refractivity contribution in [1.82, 2.24) is 5.32 Å². The summed E-state index contributed by atoms with van der Waals surface area (Å²) < 4.78 is 19.2. The predicted octanol–water partition coefficient (Wildman–Crippen LogP) is 0.206. The average Bonchev–Trinajstić information content (AvgIpc) is 1.57. The fourth-order valence-electron chi connectivity index (χ4n) is 0.923. The van der Waals surface area contributed by atoms with E-state index in [4.69, 9.17) is 4.55 Å². The first-order chi connectivity index (χ1) is 4.55. The molecule has 0 bridgehead atoms. The van der Waals surface area contributed by atoms with Crippen molar-refractivity contribution < 1.29 is 8.76 Å². The molecule has 1 heterocycles. The van der Waals surface area contributed by atoms with Gasteiger partial charge < -0.3 is 9.87 Å². The molecule has 4 heteroatoms. The Balaban J connectivity index is 2.57. The molecule has 60 valence electrons. The zero-order valence-corrected chi connectivity index (χ0v) is 7.07. The summed E-state index contributed by atoms with van der Waals surface area (Å²) in [6.07, 6.45) is 0. The molecule has 3 nitrogen and oxygen atoms in total. The van der Waals surface area contributed by atoms with Crippen LogP contribution in [0.5, 0.6) is 0 Å². The third-order valence-electron chi connectivity index (χ3n) is 2.21. The minimum absolute atomic E-state index is 0.360. The molecule has 1 rings (SSSR count). The molecule has 0 aromatic rings. The zero-order valence-electron chi connectivity index (χ0n) is 6.26. The summed E-state index contributed by atoms with van der Waals surface area (Å²) in [4.78, 5) is 0. The maximum Gasteiger partial charge on any atom is 0.158 e. The molecular weight excluding hydrogens is 150 g/mol. The smallest absolute Gasteiger partial charge is 0.158 e. The molecule has 10 heavy (non-hydrogen) atoms. The highest BCUT2D eigenvalue weighted by molar-refractivity contribution is 7.80. The van der Waals surface area contributed by atoms with Gasteiger partial charge in [0.25, 0.3) is 0 Å². The lowest BCUT2D eigenvalue weighted by Crippen LogP contribution is -2.54. The van der Waals surface area contributed by atoms with E-state index in [9.17, 15) is 4.21 Å². The van der Waals surface area contributed by atoms with E-state index in [0.29, 0.717) is 5.92 Å². The molecule has 1 aliphatic heterocycles. The zero-order chi connectivity index (χ0) is 7.78. The SMILES string of the molecule is CC(C)(C1CNC1)S(=O)O. The number of hydrogen-bond donors (Lipinski definition) is 2. The van der Waals surface area contributed by atoms with Gasteiger partial charge >= 0.3 is 0 Å². The maximum absolute atomic E-state index is 10.7. The van der Waals surface area contributed by atoms with E-state index < -0.39 is 15.8 Å². The van der Waals surface area contributed by atoms with Gasteiger partial charge in [0, 0.05) is 19.0 Å². The van der Waals surface area contributed by atoms with Crippen LogP contribution in [0.2, 0.25) is 0 Å². The van der Waals surface area contributed by atoms with Crippen molar-refractivity contribution in [3.05, 3.63) is 0 Å². The topological polar surface area (TPSA) is 49.3 Å². The molecule has 0 spiro atoms. The Kier molecular flexibility index (Phi) is 2.12. The van der Waals surface area contributed by atoms with Gasteiger partial charge in [-0.2, -0.15) is 0 Å². The minimum Gasteiger partial charge on any atom is -0.316 e. The molecule has 1 fully saturated rings. The van der Waals surface area contributed by atoms with Crippen LogP contribution in [-0.2, 0) is 11.1 Å². The third-order valence-corrected chi connectivity index (χ3v) is 3.45. The Bertz CT molecular complexity index is 154. The Hall–Kier alpha value is 0.0700. The molecule has 1 atom stereocenters. The maximum atomic E-state index is 10.7. The van der Waals surface area contributed by atoms with E-state index in [2.05, 4.69) is 5.32 Å². The summed E-state index contributed by atoms with van der Waals surface area (Å²) in [6, 6.07) is 0. The first-order valence-electron chi connectivity index (χ1n) is 3.37. The summed E-state index contributed by atoms with van der Waals surface area (Å²) in [6.45, 7) is 5.40. The van der Waals surface area contributed by atoms with Crippen molar-refractivity contribution in [2.24, 2.45) is 5.92 Å². The van der Waals surface area contributed by atoms with Gasteiger partial charge in [0.1, 0.15) is 0 Å². The van der Waals surface area contributed by atoms with Gasteiger partial charge in [-0.3, -0.25) is 0 Å². The van der Waals surface area contributed by atoms with E-state index in [0.717, 1.165) is 13.1 Å². The van der Waals surface area contributed by atoms with Gasteiger partial charge in [-0.15, -0.1) is 0 Å². The van der Waals surface area contributed by atoms with Crippen LogP contribution in [0.4, 0.5) is 0 Å². The van der Waals surface area contributed by atoms with Crippen LogP contribution >= 0.6 is 0 Å². The standard InChI is InChI=1S/C6H13NO2S/c1-6(2,10(8)9)5-3-7-4-5/h5,7H,3-4H2,1-2H3,(H,8,9). The highest BCUT2D eigenvalue weighted by Crippen LogP contribution is 2.25. The van der Waals surface area contributed by atoms with E-state index in [1.807, 2.05) is 13.8 Å². The lowest BCUT2D eigenvalue weighted by Gasteiger charge is -2.38. The van der Waals surface area contributed by atoms with Crippen molar-refractivity contribution in [2.45, 2.75) is 18.6 Å². The van der Waals surface area contributed by atoms with Crippen LogP contribution in [0, 0.1) is 5.92 Å². The Morgan fingerprint density at radius 1 is 1.60 bits per heavy atom. The summed E-state index contributed by atoms with van der Waals surface area (Å²) in [5, 5.41) is 3.08. The monoisotopic (exact) mass is 163 g/mol. The fraction of sp³-hybridized carbons (Fsp3) is 1.00. The first kappa shape index (κ1) is 8.17. The molecule has 1 unspecified atom stereocenters. The second kappa shape index (κ2) is 2.60. The highest BCUT2D eigenvalue weighted by atomic mass is 32.2. The van der Waals surface area contributed by atoms with Gasteiger partial charge in [0.05, 0.1) is 4.75 Å². The van der Waals surface area contributed by atoms with Gasteiger partial charge in [-0.1, -0.05) is 0 Å². The number of rotatable bonds is 2. The predicted molar refractivity (Wildman–Crippen MR) is 41.2 cm³/mol. The lowest BCUT2D eigenvalue weighted by molar-refractivity contribution is 0.276. The molecule has 0 radical (unpaired) electrons. The van der Waals surface area contributed by atoms with Crippen LogP contribution in [0.3, 0.4) is 0 Å². The first-order valence-corrected chi connectivity index (χ1v) is 4.47. The van der Waals surface area contributed by atoms with E-state index >= 15 is 0 Å². The molecule has 0 aromatic heterocycles. The fourth-order valence-corrected chi connectivity index (χ4v) is 1.37. The van der Waals surface area contributed by atoms with Crippen LogP contribution in [0.1, 0.15) is 13.8 Å². The summed E-state index contributed by atoms with van der Waals surface area (Å²) >= 11 is -1.69. The largest absolute Gasteiger partial charge is 0.316 e. The van der Waals surface area contributed by atoms with Gasteiger partial charge in [0.2, 0.25) is 0 Å². The molecule has 0 aliphatic carbocycles. The number of nitrogens with one attached hydrogen (secondary N) is 1. The summed E-state index contributed by atoms with van der Waals surface area (Å²) in [7, 11) is 0. The lowest BCUT2D eigenvalue weighted by atomic mass is 9.90. The van der Waals surface area contributed by atoms with Crippen LogP contribution in [0.15, 0.2) is 0 Å². The van der Waals surface area contributed by atoms with Crippen molar-refractivity contribution in [1.29, 1.82) is 0 Å². The van der Waals surface area contributed by atoms with Crippen molar-refractivity contribution in [3.8, 4) is 0 Å². The normalized spacial score (nSPS) is 23.9. The molecule has 1 saturated heterocycles. The molecule has 1 aliphatic rings. The van der Waals surface area contributed by atoms with Crippen molar-refractivity contribution in [2.75, 3.05) is 13.1 Å². The summed E-state index contributed by atoms with van der Waals surface area (Å²) in [5.41, 5.74) is 0. The molecule has 0 saturated carbocycles. The minimum atomic E-state index is -1.69. The molecule has 0 aromatic carbocycles. The van der Waals surface area contributed by atoms with E-state index in [1.165, 1.54) is 0 Å². The van der Waals surface area contributed by atoms with Crippen molar-refractivity contribution in [3.63, 3.8) is 0 Å². The highest BCUT2D eigenvalue weighted by Gasteiger charge is 2.38. The van der Waals surface area contributed by atoms with E-state index in [1.54, 1.807) is 0 Å². The summed E-state index contributed by atoms with van der Waals surface area (Å²) in [5.74, 6) is 0.360. The van der Waals surface area contributed by atoms with Crippen LogP contribution < -0.4 is 5.32 Å². The molecule has 0 amide bonds. The quantitative estimate of drug-likeness (QED) is 0.572. The average molecular weight is 163 g/mol. The third kappa shape index (κ3) is 1.24. The van der Waals surface area contributed by atoms with Crippen LogP contribution in [-0.4, -0.2) is 26.6 Å². The second-order valence-corrected chi connectivity index (χ2v) is 4.76. The Morgan fingerprint density at radius 2 is 2.10 bits per heavy atom. The van der Waals surface area contributed by atoms with Gasteiger partial charge in [0.15, 0.2) is 11.1 Å². The number of hydrogen-bond acceptors (Lipinski definition) is 2. The van der Waals surface area contributed by atoms with Crippen molar-refractivity contribution >= 4 is 11.1 Å². The second-order valence-electron chi connectivity index (χ2n) is 3.21. The Labute approximate surface area is 63.5 Å². The molecular formula is C6H13NO2S. The van der Waals surface area contributed by atoms with Crippen LogP contribution in [0.25, 0.3) is 0 Å². The van der Waals surface area contributed by atoms with E-state index in [-0.39, 0.29) is 0 Å².